The highest BCUT2D eigenvalue weighted by Crippen LogP contribution is 2.30. The lowest BCUT2D eigenvalue weighted by Crippen LogP contribution is -2.33. The number of imidazole rings is 1. The molecule has 4 rings (SSSR count). The van der Waals surface area contributed by atoms with E-state index in [2.05, 4.69) is 61.4 Å². The standard InChI is InChI=1S/C27H32ClN7O2S/c1-3-4-9-24-30-25(28)23(17-37-27(36)22(29)14-15-38-2)35(24)16-18-10-12-19(13-11-18)20-7-5-6-8-21(20)26-31-33-34-32-26/h5-8,10-13,22H,3-4,9,14-17,29H2,1-2H3,(H,31,32,33,34)/t22-/m1/s1. The summed E-state index contributed by atoms with van der Waals surface area (Å²) in [5, 5.41) is 14.8. The minimum Gasteiger partial charge on any atom is -0.458 e. The first-order valence-corrected chi connectivity index (χ1v) is 14.4. The first-order chi connectivity index (χ1) is 18.5. The van der Waals surface area contributed by atoms with Crippen LogP contribution in [0.4, 0.5) is 0 Å². The lowest BCUT2D eigenvalue weighted by molar-refractivity contribution is -0.146. The highest BCUT2D eigenvalue weighted by Gasteiger charge is 2.20. The van der Waals surface area contributed by atoms with Crippen LogP contribution in [0, 0.1) is 0 Å². The Hall–Kier alpha value is -3.21. The average Bonchev–Trinajstić information content (AvgIpc) is 3.58. The van der Waals surface area contributed by atoms with E-state index in [9.17, 15) is 4.79 Å². The number of carbonyl (C=O) groups excluding carboxylic acids is 1. The summed E-state index contributed by atoms with van der Waals surface area (Å²) in [5.74, 6) is 1.79. The van der Waals surface area contributed by atoms with Gasteiger partial charge in [0, 0.05) is 18.5 Å². The fourth-order valence-electron chi connectivity index (χ4n) is 4.14. The maximum atomic E-state index is 12.4. The van der Waals surface area contributed by atoms with Crippen LogP contribution in [-0.2, 0) is 29.1 Å². The zero-order valence-electron chi connectivity index (χ0n) is 21.6. The van der Waals surface area contributed by atoms with Crippen LogP contribution in [0.15, 0.2) is 48.5 Å². The van der Waals surface area contributed by atoms with E-state index in [0.717, 1.165) is 53.1 Å². The van der Waals surface area contributed by atoms with E-state index in [4.69, 9.17) is 22.1 Å². The van der Waals surface area contributed by atoms with E-state index < -0.39 is 12.0 Å². The number of unbranched alkanes of at least 4 members (excludes halogenated alkanes) is 1. The number of carbonyl (C=O) groups is 1. The van der Waals surface area contributed by atoms with Crippen molar-refractivity contribution < 1.29 is 9.53 Å². The second kappa shape index (κ2) is 13.5. The number of aromatic nitrogens is 6. The molecule has 38 heavy (non-hydrogen) atoms. The summed E-state index contributed by atoms with van der Waals surface area (Å²) < 4.78 is 7.61. The molecule has 0 unspecified atom stereocenters. The number of H-pyrrole nitrogens is 1. The van der Waals surface area contributed by atoms with Gasteiger partial charge in [-0.1, -0.05) is 73.5 Å². The van der Waals surface area contributed by atoms with Crippen LogP contribution in [-0.4, -0.2) is 54.2 Å². The summed E-state index contributed by atoms with van der Waals surface area (Å²) in [4.78, 5) is 17.0. The van der Waals surface area contributed by atoms with E-state index >= 15 is 0 Å². The summed E-state index contributed by atoms with van der Waals surface area (Å²) in [6.07, 6.45) is 5.35. The maximum absolute atomic E-state index is 12.4. The molecule has 0 spiro atoms. The predicted octanol–water partition coefficient (Wildman–Crippen LogP) is 4.90. The molecular weight excluding hydrogens is 522 g/mol. The van der Waals surface area contributed by atoms with E-state index in [1.54, 1.807) is 11.8 Å². The molecule has 0 fully saturated rings. The van der Waals surface area contributed by atoms with Gasteiger partial charge in [-0.2, -0.15) is 17.0 Å². The lowest BCUT2D eigenvalue weighted by Gasteiger charge is -2.15. The SMILES string of the molecule is CCCCc1nc(Cl)c(COC(=O)[C@H](N)CCSC)n1Cc1ccc(-c2ccccc2-c2nn[nH]n2)cc1. The molecule has 3 N–H and O–H groups in total. The van der Waals surface area contributed by atoms with Crippen molar-refractivity contribution >= 4 is 29.3 Å². The molecule has 2 aromatic heterocycles. The second-order valence-electron chi connectivity index (χ2n) is 8.93. The maximum Gasteiger partial charge on any atom is 0.323 e. The minimum atomic E-state index is -0.653. The number of halogens is 1. The van der Waals surface area contributed by atoms with Gasteiger partial charge in [-0.05, 0) is 46.8 Å². The van der Waals surface area contributed by atoms with Crippen LogP contribution in [0.2, 0.25) is 5.15 Å². The van der Waals surface area contributed by atoms with Crippen molar-refractivity contribution in [3.05, 3.63) is 70.8 Å². The Kier molecular flexibility index (Phi) is 9.91. The monoisotopic (exact) mass is 553 g/mol. The van der Waals surface area contributed by atoms with Crippen LogP contribution in [0.25, 0.3) is 22.5 Å². The molecule has 0 saturated carbocycles. The summed E-state index contributed by atoms with van der Waals surface area (Å²) in [6, 6.07) is 15.6. The Morgan fingerprint density at radius 1 is 1.18 bits per heavy atom. The van der Waals surface area contributed by atoms with E-state index in [1.807, 2.05) is 30.5 Å². The summed E-state index contributed by atoms with van der Waals surface area (Å²) in [7, 11) is 0. The fraction of sp³-hybridized carbons (Fsp3) is 0.370. The number of nitrogens with zero attached hydrogens (tertiary/aromatic N) is 5. The third-order valence-electron chi connectivity index (χ3n) is 6.26. The van der Waals surface area contributed by atoms with Gasteiger partial charge in [0.05, 0.1) is 5.69 Å². The van der Waals surface area contributed by atoms with Crippen LogP contribution < -0.4 is 5.73 Å². The summed E-state index contributed by atoms with van der Waals surface area (Å²) in [5.41, 5.74) is 10.7. The van der Waals surface area contributed by atoms with Crippen molar-refractivity contribution in [2.45, 2.75) is 51.8 Å². The number of tetrazole rings is 1. The molecule has 2 heterocycles. The molecule has 11 heteroatoms. The molecule has 2 aromatic carbocycles. The Balaban J connectivity index is 1.55. The van der Waals surface area contributed by atoms with Crippen LogP contribution >= 0.6 is 23.4 Å². The van der Waals surface area contributed by atoms with Gasteiger partial charge < -0.3 is 15.0 Å². The van der Waals surface area contributed by atoms with Gasteiger partial charge in [-0.3, -0.25) is 4.79 Å². The zero-order chi connectivity index (χ0) is 26.9. The minimum absolute atomic E-state index is 0.0277. The molecule has 1 atom stereocenters. The molecule has 0 aliphatic heterocycles. The third kappa shape index (κ3) is 6.80. The van der Waals surface area contributed by atoms with Gasteiger partial charge in [0.1, 0.15) is 18.5 Å². The molecule has 0 saturated heterocycles. The Morgan fingerprint density at radius 3 is 2.63 bits per heavy atom. The zero-order valence-corrected chi connectivity index (χ0v) is 23.1. The van der Waals surface area contributed by atoms with Gasteiger partial charge in [0.2, 0.25) is 5.82 Å². The van der Waals surface area contributed by atoms with E-state index in [-0.39, 0.29) is 6.61 Å². The van der Waals surface area contributed by atoms with Crippen molar-refractivity contribution in [3.8, 4) is 22.5 Å². The van der Waals surface area contributed by atoms with Gasteiger partial charge >= 0.3 is 5.97 Å². The predicted molar refractivity (Wildman–Crippen MR) is 151 cm³/mol. The van der Waals surface area contributed by atoms with Gasteiger partial charge in [-0.15, -0.1) is 10.2 Å². The van der Waals surface area contributed by atoms with Crippen molar-refractivity contribution in [1.29, 1.82) is 0 Å². The molecule has 9 nitrogen and oxygen atoms in total. The number of hydrogen-bond acceptors (Lipinski definition) is 8. The quantitative estimate of drug-likeness (QED) is 0.224. The molecule has 0 amide bonds. The van der Waals surface area contributed by atoms with Gasteiger partial charge in [-0.25, -0.2) is 4.98 Å². The van der Waals surface area contributed by atoms with Gasteiger partial charge in [0.25, 0.3) is 0 Å². The Labute approximate surface area is 231 Å². The normalized spacial score (nSPS) is 12.0. The number of hydrogen-bond donors (Lipinski definition) is 2. The number of rotatable bonds is 13. The Morgan fingerprint density at radius 2 is 1.95 bits per heavy atom. The number of aryl methyl sites for hydroxylation is 1. The molecule has 0 aliphatic carbocycles. The smallest absolute Gasteiger partial charge is 0.323 e. The number of nitrogens with one attached hydrogen (secondary N) is 1. The van der Waals surface area contributed by atoms with Crippen LogP contribution in [0.1, 0.15) is 43.3 Å². The summed E-state index contributed by atoms with van der Waals surface area (Å²) in [6.45, 7) is 2.72. The van der Waals surface area contributed by atoms with E-state index in [0.29, 0.717) is 29.6 Å². The number of thioether (sulfide) groups is 1. The molecule has 0 aliphatic rings. The number of benzene rings is 2. The van der Waals surface area contributed by atoms with Crippen molar-refractivity contribution in [2.24, 2.45) is 5.73 Å². The largest absolute Gasteiger partial charge is 0.458 e. The lowest BCUT2D eigenvalue weighted by atomic mass is 9.98. The Bertz CT molecular complexity index is 1330. The van der Waals surface area contributed by atoms with Crippen LogP contribution in [0.3, 0.4) is 0 Å². The number of aromatic amines is 1. The third-order valence-corrected chi connectivity index (χ3v) is 7.21. The summed E-state index contributed by atoms with van der Waals surface area (Å²) >= 11 is 8.18. The van der Waals surface area contributed by atoms with Crippen molar-refractivity contribution in [1.82, 2.24) is 30.2 Å². The molecule has 0 bridgehead atoms. The number of esters is 1. The fourth-order valence-corrected chi connectivity index (χ4v) is 4.89. The highest BCUT2D eigenvalue weighted by molar-refractivity contribution is 7.98. The topological polar surface area (TPSA) is 125 Å². The molecular formula is C27H32ClN7O2S. The average molecular weight is 554 g/mol. The molecule has 200 valence electrons. The number of ether oxygens (including phenoxy) is 1. The molecule has 4 aromatic rings. The first-order valence-electron chi connectivity index (χ1n) is 12.6. The molecule has 0 radical (unpaired) electrons. The second-order valence-corrected chi connectivity index (χ2v) is 10.3. The number of nitrogens with two attached hydrogens (primary N) is 1. The van der Waals surface area contributed by atoms with Gasteiger partial charge in [0.15, 0.2) is 5.15 Å². The highest BCUT2D eigenvalue weighted by atomic mass is 35.5. The van der Waals surface area contributed by atoms with Crippen LogP contribution in [0.5, 0.6) is 0 Å². The van der Waals surface area contributed by atoms with Crippen molar-refractivity contribution in [3.63, 3.8) is 0 Å². The van der Waals surface area contributed by atoms with E-state index in [1.165, 1.54) is 0 Å². The van der Waals surface area contributed by atoms with Crippen molar-refractivity contribution in [2.75, 3.05) is 12.0 Å². The first kappa shape index (κ1) is 27.8.